The molecular formula is C13H15FO3. The van der Waals surface area contributed by atoms with Crippen LogP contribution in [0, 0.1) is 5.82 Å². The Labute approximate surface area is 99.6 Å². The van der Waals surface area contributed by atoms with Gasteiger partial charge in [0.25, 0.3) is 0 Å². The van der Waals surface area contributed by atoms with Gasteiger partial charge in [-0.2, -0.15) is 0 Å². The molecule has 0 radical (unpaired) electrons. The van der Waals surface area contributed by atoms with Crippen molar-refractivity contribution in [2.24, 2.45) is 0 Å². The van der Waals surface area contributed by atoms with Crippen molar-refractivity contribution in [3.63, 3.8) is 0 Å². The van der Waals surface area contributed by atoms with Crippen molar-refractivity contribution in [1.82, 2.24) is 0 Å². The first-order chi connectivity index (χ1) is 7.99. The fourth-order valence-corrected chi connectivity index (χ4v) is 1.32. The largest absolute Gasteiger partial charge is 0.463 e. The molecule has 0 N–H and O–H groups in total. The molecule has 0 aliphatic carbocycles. The van der Waals surface area contributed by atoms with Crippen molar-refractivity contribution < 1.29 is 18.7 Å². The summed E-state index contributed by atoms with van der Waals surface area (Å²) in [4.78, 5) is 22.8. The van der Waals surface area contributed by atoms with Crippen molar-refractivity contribution in [2.45, 2.75) is 32.8 Å². The molecule has 1 rings (SSSR count). The number of hydrogen-bond acceptors (Lipinski definition) is 3. The molecule has 4 heteroatoms. The summed E-state index contributed by atoms with van der Waals surface area (Å²) in [5.41, 5.74) is 0.406. The maximum absolute atomic E-state index is 12.6. The van der Waals surface area contributed by atoms with Crippen LogP contribution in [0.2, 0.25) is 0 Å². The molecule has 1 aromatic carbocycles. The molecule has 0 saturated carbocycles. The lowest BCUT2D eigenvalue weighted by atomic mass is 10.1. The monoisotopic (exact) mass is 238 g/mol. The number of carbonyl (C=O) groups is 2. The van der Waals surface area contributed by atoms with Gasteiger partial charge >= 0.3 is 5.97 Å². The molecule has 0 unspecified atom stereocenters. The van der Waals surface area contributed by atoms with Gasteiger partial charge in [-0.05, 0) is 38.1 Å². The number of rotatable bonds is 5. The van der Waals surface area contributed by atoms with Crippen molar-refractivity contribution >= 4 is 11.8 Å². The van der Waals surface area contributed by atoms with E-state index in [0.29, 0.717) is 5.56 Å². The van der Waals surface area contributed by atoms with Gasteiger partial charge in [0.1, 0.15) is 5.82 Å². The highest BCUT2D eigenvalue weighted by Crippen LogP contribution is 2.08. The predicted molar refractivity (Wildman–Crippen MR) is 61.2 cm³/mol. The van der Waals surface area contributed by atoms with E-state index in [4.69, 9.17) is 4.74 Å². The van der Waals surface area contributed by atoms with E-state index in [0.717, 1.165) is 0 Å². The van der Waals surface area contributed by atoms with Gasteiger partial charge in [-0.25, -0.2) is 4.39 Å². The molecule has 0 saturated heterocycles. The Morgan fingerprint density at radius 3 is 2.29 bits per heavy atom. The Kier molecular flexibility index (Phi) is 4.82. The molecule has 0 aliphatic rings. The molecule has 0 bridgehead atoms. The van der Waals surface area contributed by atoms with Crippen LogP contribution < -0.4 is 0 Å². The highest BCUT2D eigenvalue weighted by Gasteiger charge is 2.11. The number of carbonyl (C=O) groups excluding carboxylic acids is 2. The number of hydrogen-bond donors (Lipinski definition) is 0. The zero-order valence-electron chi connectivity index (χ0n) is 9.90. The first kappa shape index (κ1) is 13.4. The summed E-state index contributed by atoms with van der Waals surface area (Å²) < 4.78 is 17.5. The number of ketones is 1. The summed E-state index contributed by atoms with van der Waals surface area (Å²) in [7, 11) is 0. The van der Waals surface area contributed by atoms with Crippen LogP contribution in [-0.4, -0.2) is 17.9 Å². The first-order valence-electron chi connectivity index (χ1n) is 5.47. The summed E-state index contributed by atoms with van der Waals surface area (Å²) in [5.74, 6) is -0.970. The predicted octanol–water partition coefficient (Wildman–Crippen LogP) is 2.74. The number of halogens is 1. The van der Waals surface area contributed by atoms with E-state index in [1.165, 1.54) is 24.3 Å². The second-order valence-electron chi connectivity index (χ2n) is 3.97. The van der Waals surface area contributed by atoms with E-state index < -0.39 is 5.97 Å². The van der Waals surface area contributed by atoms with Gasteiger partial charge in [0.15, 0.2) is 5.78 Å². The van der Waals surface area contributed by atoms with Crippen LogP contribution in [0.3, 0.4) is 0 Å². The Bertz CT molecular complexity index is 396. The SMILES string of the molecule is CC(C)OC(=O)CCC(=O)c1ccc(F)cc1. The molecule has 0 atom stereocenters. The molecule has 17 heavy (non-hydrogen) atoms. The maximum Gasteiger partial charge on any atom is 0.306 e. The Morgan fingerprint density at radius 2 is 1.76 bits per heavy atom. The number of esters is 1. The van der Waals surface area contributed by atoms with Crippen LogP contribution in [0.5, 0.6) is 0 Å². The minimum absolute atomic E-state index is 0.0500. The number of benzene rings is 1. The molecule has 0 spiro atoms. The third-order valence-corrected chi connectivity index (χ3v) is 2.09. The molecular weight excluding hydrogens is 223 g/mol. The Balaban J connectivity index is 2.45. The van der Waals surface area contributed by atoms with Crippen molar-refractivity contribution in [3.05, 3.63) is 35.6 Å². The van der Waals surface area contributed by atoms with E-state index in [2.05, 4.69) is 0 Å². The van der Waals surface area contributed by atoms with Crippen molar-refractivity contribution in [3.8, 4) is 0 Å². The average Bonchev–Trinajstić information content (AvgIpc) is 2.26. The molecule has 92 valence electrons. The minimum atomic E-state index is -0.393. The summed E-state index contributed by atoms with van der Waals surface area (Å²) in [6.45, 7) is 3.50. The van der Waals surface area contributed by atoms with Gasteiger partial charge in [0.05, 0.1) is 12.5 Å². The van der Waals surface area contributed by atoms with Crippen LogP contribution in [0.4, 0.5) is 4.39 Å². The zero-order chi connectivity index (χ0) is 12.8. The fourth-order valence-electron chi connectivity index (χ4n) is 1.32. The molecule has 0 aromatic heterocycles. The van der Waals surface area contributed by atoms with Crippen LogP contribution in [-0.2, 0) is 9.53 Å². The quantitative estimate of drug-likeness (QED) is 0.585. The topological polar surface area (TPSA) is 43.4 Å². The normalized spacial score (nSPS) is 10.4. The molecule has 3 nitrogen and oxygen atoms in total. The van der Waals surface area contributed by atoms with Gasteiger partial charge < -0.3 is 4.74 Å². The molecule has 1 aromatic rings. The van der Waals surface area contributed by atoms with E-state index in [9.17, 15) is 14.0 Å². The third-order valence-electron chi connectivity index (χ3n) is 2.09. The van der Waals surface area contributed by atoms with E-state index in [1.54, 1.807) is 13.8 Å². The van der Waals surface area contributed by atoms with Gasteiger partial charge in [0.2, 0.25) is 0 Å². The zero-order valence-corrected chi connectivity index (χ0v) is 9.90. The van der Waals surface area contributed by atoms with Crippen LogP contribution in [0.1, 0.15) is 37.0 Å². The van der Waals surface area contributed by atoms with E-state index >= 15 is 0 Å². The summed E-state index contributed by atoms with van der Waals surface area (Å²) >= 11 is 0. The van der Waals surface area contributed by atoms with Crippen LogP contribution >= 0.6 is 0 Å². The smallest absolute Gasteiger partial charge is 0.306 e. The first-order valence-corrected chi connectivity index (χ1v) is 5.47. The van der Waals surface area contributed by atoms with Gasteiger partial charge in [-0.3, -0.25) is 9.59 Å². The summed E-state index contributed by atoms with van der Waals surface area (Å²) in [5, 5.41) is 0. The Hall–Kier alpha value is -1.71. The standard InChI is InChI=1S/C13H15FO3/c1-9(2)17-13(16)8-7-12(15)10-3-5-11(14)6-4-10/h3-6,9H,7-8H2,1-2H3. The lowest BCUT2D eigenvalue weighted by Crippen LogP contribution is -2.12. The third kappa shape index (κ3) is 4.76. The molecule has 0 aliphatic heterocycles. The second-order valence-corrected chi connectivity index (χ2v) is 3.97. The van der Waals surface area contributed by atoms with E-state index in [-0.39, 0.29) is 30.5 Å². The van der Waals surface area contributed by atoms with Crippen molar-refractivity contribution in [2.75, 3.05) is 0 Å². The van der Waals surface area contributed by atoms with Crippen LogP contribution in [0.15, 0.2) is 24.3 Å². The Morgan fingerprint density at radius 1 is 1.18 bits per heavy atom. The van der Waals surface area contributed by atoms with Crippen LogP contribution in [0.25, 0.3) is 0 Å². The average molecular weight is 238 g/mol. The highest BCUT2D eigenvalue weighted by atomic mass is 19.1. The van der Waals surface area contributed by atoms with E-state index in [1.807, 2.05) is 0 Å². The second kappa shape index (κ2) is 6.13. The van der Waals surface area contributed by atoms with Crippen molar-refractivity contribution in [1.29, 1.82) is 0 Å². The number of ether oxygens (including phenoxy) is 1. The van der Waals surface area contributed by atoms with Gasteiger partial charge in [-0.1, -0.05) is 0 Å². The van der Waals surface area contributed by atoms with Gasteiger partial charge in [-0.15, -0.1) is 0 Å². The lowest BCUT2D eigenvalue weighted by Gasteiger charge is -2.07. The molecule has 0 amide bonds. The maximum atomic E-state index is 12.6. The molecule has 0 fully saturated rings. The number of Topliss-reactive ketones (excluding diaryl/α,β-unsaturated/α-hetero) is 1. The lowest BCUT2D eigenvalue weighted by molar-refractivity contribution is -0.147. The van der Waals surface area contributed by atoms with Gasteiger partial charge in [0, 0.05) is 12.0 Å². The molecule has 0 heterocycles. The summed E-state index contributed by atoms with van der Waals surface area (Å²) in [6.07, 6.45) is -0.0469. The fraction of sp³-hybridized carbons (Fsp3) is 0.385. The highest BCUT2D eigenvalue weighted by molar-refractivity contribution is 5.97. The summed E-state index contributed by atoms with van der Waals surface area (Å²) in [6, 6.07) is 5.26. The minimum Gasteiger partial charge on any atom is -0.463 e.